The van der Waals surface area contributed by atoms with Crippen LogP contribution in [-0.2, 0) is 26.0 Å². The molecular weight excluding hydrogens is 334 g/mol. The first-order valence-electron chi connectivity index (χ1n) is 9.49. The number of hydrogen-bond acceptors (Lipinski definition) is 3. The van der Waals surface area contributed by atoms with Crippen molar-refractivity contribution in [2.24, 2.45) is 0 Å². The van der Waals surface area contributed by atoms with E-state index in [9.17, 15) is 0 Å². The van der Waals surface area contributed by atoms with Gasteiger partial charge in [-0.25, -0.2) is 0 Å². The van der Waals surface area contributed by atoms with Crippen molar-refractivity contribution < 1.29 is 9.84 Å². The van der Waals surface area contributed by atoms with Crippen LogP contribution in [-0.4, -0.2) is 18.3 Å². The third kappa shape index (κ3) is 6.24. The standard InChI is InChI=1S/C24H27NO2/c26-16-15-25-18-22-12-14-23(13-11-20-7-3-1-4-8-20)24(17-22)27-19-21-9-5-2-6-10-21/h1-10,12,14,17,25-26H,11,13,15-16,18-19H2. The molecule has 0 spiro atoms. The van der Waals surface area contributed by atoms with Crippen molar-refractivity contribution in [3.05, 3.63) is 101 Å². The lowest BCUT2D eigenvalue weighted by Gasteiger charge is -2.14. The second-order valence-electron chi connectivity index (χ2n) is 6.60. The Kier molecular flexibility index (Phi) is 7.45. The molecule has 0 atom stereocenters. The maximum Gasteiger partial charge on any atom is 0.123 e. The third-order valence-electron chi connectivity index (χ3n) is 4.51. The molecular formula is C24H27NO2. The molecule has 0 saturated heterocycles. The lowest BCUT2D eigenvalue weighted by Crippen LogP contribution is -2.17. The smallest absolute Gasteiger partial charge is 0.123 e. The molecule has 0 aromatic heterocycles. The molecule has 0 unspecified atom stereocenters. The molecule has 27 heavy (non-hydrogen) atoms. The summed E-state index contributed by atoms with van der Waals surface area (Å²) >= 11 is 0. The molecule has 3 aromatic carbocycles. The third-order valence-corrected chi connectivity index (χ3v) is 4.51. The van der Waals surface area contributed by atoms with E-state index in [1.807, 2.05) is 24.3 Å². The molecule has 0 aliphatic heterocycles. The number of nitrogens with one attached hydrogen (secondary N) is 1. The van der Waals surface area contributed by atoms with Gasteiger partial charge in [0.2, 0.25) is 0 Å². The molecule has 3 heteroatoms. The molecule has 0 bridgehead atoms. The molecule has 0 amide bonds. The van der Waals surface area contributed by atoms with E-state index in [0.717, 1.165) is 36.3 Å². The summed E-state index contributed by atoms with van der Waals surface area (Å²) in [5, 5.41) is 12.2. The van der Waals surface area contributed by atoms with Gasteiger partial charge in [0.05, 0.1) is 6.61 Å². The van der Waals surface area contributed by atoms with Crippen molar-refractivity contribution in [3.63, 3.8) is 0 Å². The van der Waals surface area contributed by atoms with Crippen molar-refractivity contribution >= 4 is 0 Å². The summed E-state index contributed by atoms with van der Waals surface area (Å²) in [4.78, 5) is 0. The van der Waals surface area contributed by atoms with Crippen LogP contribution >= 0.6 is 0 Å². The Morgan fingerprint density at radius 2 is 1.44 bits per heavy atom. The minimum atomic E-state index is 0.145. The maximum atomic E-state index is 8.94. The van der Waals surface area contributed by atoms with Gasteiger partial charge >= 0.3 is 0 Å². The van der Waals surface area contributed by atoms with E-state index < -0.39 is 0 Å². The molecule has 3 rings (SSSR count). The van der Waals surface area contributed by atoms with E-state index in [4.69, 9.17) is 9.84 Å². The highest BCUT2D eigenvalue weighted by Gasteiger charge is 2.07. The van der Waals surface area contributed by atoms with E-state index in [0.29, 0.717) is 13.2 Å². The van der Waals surface area contributed by atoms with Gasteiger partial charge in [-0.2, -0.15) is 0 Å². The summed E-state index contributed by atoms with van der Waals surface area (Å²) in [7, 11) is 0. The van der Waals surface area contributed by atoms with E-state index in [1.54, 1.807) is 0 Å². The van der Waals surface area contributed by atoms with Gasteiger partial charge in [0.1, 0.15) is 12.4 Å². The highest BCUT2D eigenvalue weighted by Crippen LogP contribution is 2.24. The number of aliphatic hydroxyl groups excluding tert-OH is 1. The zero-order chi connectivity index (χ0) is 18.7. The fourth-order valence-electron chi connectivity index (χ4n) is 3.02. The molecule has 0 aliphatic carbocycles. The number of aliphatic hydroxyl groups is 1. The van der Waals surface area contributed by atoms with Gasteiger partial charge in [-0.15, -0.1) is 0 Å². The summed E-state index contributed by atoms with van der Waals surface area (Å²) in [5.41, 5.74) is 4.88. The molecule has 0 fully saturated rings. The second kappa shape index (κ2) is 10.5. The van der Waals surface area contributed by atoms with Crippen LogP contribution in [0.15, 0.2) is 78.9 Å². The number of aryl methyl sites for hydroxylation is 2. The second-order valence-corrected chi connectivity index (χ2v) is 6.60. The zero-order valence-corrected chi connectivity index (χ0v) is 15.6. The maximum absolute atomic E-state index is 8.94. The fourth-order valence-corrected chi connectivity index (χ4v) is 3.02. The van der Waals surface area contributed by atoms with Crippen LogP contribution in [0.5, 0.6) is 5.75 Å². The SMILES string of the molecule is OCCNCc1ccc(CCc2ccccc2)c(OCc2ccccc2)c1. The minimum absolute atomic E-state index is 0.145. The topological polar surface area (TPSA) is 41.5 Å². The molecule has 3 nitrogen and oxygen atoms in total. The Labute approximate surface area is 161 Å². The first kappa shape index (κ1) is 19.2. The number of rotatable bonds is 10. The lowest BCUT2D eigenvalue weighted by molar-refractivity contribution is 0.291. The van der Waals surface area contributed by atoms with Crippen molar-refractivity contribution in [2.45, 2.75) is 26.0 Å². The van der Waals surface area contributed by atoms with Crippen molar-refractivity contribution in [1.82, 2.24) is 5.32 Å². The van der Waals surface area contributed by atoms with Gasteiger partial charge < -0.3 is 15.2 Å². The predicted molar refractivity (Wildman–Crippen MR) is 110 cm³/mol. The van der Waals surface area contributed by atoms with Gasteiger partial charge in [-0.3, -0.25) is 0 Å². The minimum Gasteiger partial charge on any atom is -0.489 e. The molecule has 0 radical (unpaired) electrons. The highest BCUT2D eigenvalue weighted by atomic mass is 16.5. The Morgan fingerprint density at radius 3 is 2.15 bits per heavy atom. The molecule has 140 valence electrons. The van der Waals surface area contributed by atoms with Gasteiger partial charge in [-0.05, 0) is 41.2 Å². The number of hydrogen-bond donors (Lipinski definition) is 2. The van der Waals surface area contributed by atoms with E-state index >= 15 is 0 Å². The number of benzene rings is 3. The molecule has 0 saturated carbocycles. The first-order chi connectivity index (χ1) is 13.3. The summed E-state index contributed by atoms with van der Waals surface area (Å²) in [6.45, 7) is 2.02. The largest absolute Gasteiger partial charge is 0.489 e. The van der Waals surface area contributed by atoms with Crippen LogP contribution in [0.4, 0.5) is 0 Å². The summed E-state index contributed by atoms with van der Waals surface area (Å²) in [6.07, 6.45) is 1.93. The Balaban J connectivity index is 1.71. The van der Waals surface area contributed by atoms with Crippen LogP contribution in [0, 0.1) is 0 Å². The zero-order valence-electron chi connectivity index (χ0n) is 15.6. The van der Waals surface area contributed by atoms with Crippen molar-refractivity contribution in [3.8, 4) is 5.75 Å². The average molecular weight is 361 g/mol. The van der Waals surface area contributed by atoms with E-state index in [2.05, 4.69) is 59.9 Å². The van der Waals surface area contributed by atoms with Gasteiger partial charge in [0.25, 0.3) is 0 Å². The Bertz CT molecular complexity index is 803. The van der Waals surface area contributed by atoms with E-state index in [1.165, 1.54) is 11.1 Å². The van der Waals surface area contributed by atoms with E-state index in [-0.39, 0.29) is 6.61 Å². The predicted octanol–water partition coefficient (Wildman–Crippen LogP) is 4.13. The van der Waals surface area contributed by atoms with Gasteiger partial charge in [0.15, 0.2) is 0 Å². The van der Waals surface area contributed by atoms with Crippen LogP contribution in [0.25, 0.3) is 0 Å². The summed E-state index contributed by atoms with van der Waals surface area (Å²) in [5.74, 6) is 0.943. The fraction of sp³-hybridized carbons (Fsp3) is 0.250. The van der Waals surface area contributed by atoms with Gasteiger partial charge in [-0.1, -0.05) is 72.8 Å². The highest BCUT2D eigenvalue weighted by molar-refractivity contribution is 5.38. The molecule has 3 aromatic rings. The number of ether oxygens (including phenoxy) is 1. The summed E-state index contributed by atoms with van der Waals surface area (Å²) < 4.78 is 6.18. The van der Waals surface area contributed by atoms with Gasteiger partial charge in [0, 0.05) is 13.1 Å². The molecule has 0 heterocycles. The van der Waals surface area contributed by atoms with Crippen LogP contribution < -0.4 is 10.1 Å². The summed E-state index contributed by atoms with van der Waals surface area (Å²) in [6, 6.07) is 27.2. The first-order valence-corrected chi connectivity index (χ1v) is 9.49. The van der Waals surface area contributed by atoms with Crippen LogP contribution in [0.2, 0.25) is 0 Å². The lowest BCUT2D eigenvalue weighted by atomic mass is 10.0. The average Bonchev–Trinajstić information content (AvgIpc) is 2.73. The normalized spacial score (nSPS) is 10.7. The molecule has 2 N–H and O–H groups in total. The quantitative estimate of drug-likeness (QED) is 0.534. The van der Waals surface area contributed by atoms with Crippen molar-refractivity contribution in [1.29, 1.82) is 0 Å². The van der Waals surface area contributed by atoms with Crippen LogP contribution in [0.1, 0.15) is 22.3 Å². The van der Waals surface area contributed by atoms with Crippen molar-refractivity contribution in [2.75, 3.05) is 13.2 Å². The Morgan fingerprint density at radius 1 is 0.741 bits per heavy atom. The monoisotopic (exact) mass is 361 g/mol. The van der Waals surface area contributed by atoms with Crippen LogP contribution in [0.3, 0.4) is 0 Å². The Hall–Kier alpha value is -2.62. The molecule has 0 aliphatic rings.